The minimum absolute atomic E-state index is 0.0409. The average Bonchev–Trinajstić information content (AvgIpc) is 2.68. The van der Waals surface area contributed by atoms with Crippen molar-refractivity contribution in [3.63, 3.8) is 0 Å². The molecule has 9 nitrogen and oxygen atoms in total. The van der Waals surface area contributed by atoms with E-state index in [4.69, 9.17) is 18.9 Å². The molecule has 0 aromatic heterocycles. The first-order chi connectivity index (χ1) is 15.4. The first kappa shape index (κ1) is 24.4. The molecule has 0 spiro atoms. The van der Waals surface area contributed by atoms with Gasteiger partial charge in [-0.05, 0) is 26.2 Å². The van der Waals surface area contributed by atoms with Crippen LogP contribution in [0.4, 0.5) is 0 Å². The maximum absolute atomic E-state index is 12.9. The monoisotopic (exact) mass is 459 g/mol. The highest BCUT2D eigenvalue weighted by Crippen LogP contribution is 2.57. The summed E-state index contributed by atoms with van der Waals surface area (Å²) in [6.07, 6.45) is 1.06. The minimum Gasteiger partial charge on any atom is -0.493 e. The van der Waals surface area contributed by atoms with Crippen molar-refractivity contribution in [3.8, 4) is 11.5 Å². The normalized spacial score (nSPS) is 26.0. The van der Waals surface area contributed by atoms with Gasteiger partial charge >= 0.3 is 17.9 Å². The second kappa shape index (κ2) is 8.97. The summed E-state index contributed by atoms with van der Waals surface area (Å²) in [5.74, 6) is -1.96. The van der Waals surface area contributed by atoms with Gasteiger partial charge in [-0.25, -0.2) is 0 Å². The van der Waals surface area contributed by atoms with E-state index in [1.54, 1.807) is 12.1 Å². The minimum atomic E-state index is -0.874. The molecule has 0 bridgehead atoms. The Morgan fingerprint density at radius 3 is 2.18 bits per heavy atom. The van der Waals surface area contributed by atoms with E-state index in [0.29, 0.717) is 11.1 Å². The topological polar surface area (TPSA) is 108 Å². The summed E-state index contributed by atoms with van der Waals surface area (Å²) >= 11 is 0. The van der Waals surface area contributed by atoms with Gasteiger partial charge in [0.25, 0.3) is 0 Å². The molecule has 2 aliphatic carbocycles. The lowest BCUT2D eigenvalue weighted by Crippen LogP contribution is -2.55. The predicted molar refractivity (Wildman–Crippen MR) is 117 cm³/mol. The van der Waals surface area contributed by atoms with E-state index >= 15 is 0 Å². The molecule has 3 rings (SSSR count). The lowest BCUT2D eigenvalue weighted by molar-refractivity contribution is -0.153. The molecular formula is C24H29NO8. The van der Waals surface area contributed by atoms with Crippen molar-refractivity contribution in [1.29, 1.82) is 0 Å². The lowest BCUT2D eigenvalue weighted by Gasteiger charge is -2.52. The van der Waals surface area contributed by atoms with Crippen LogP contribution in [0.2, 0.25) is 0 Å². The molecule has 1 aromatic carbocycles. The number of carbonyl (C=O) groups excluding carboxylic acids is 4. The fraction of sp³-hybridized carbons (Fsp3) is 0.500. The third kappa shape index (κ3) is 4.37. The Morgan fingerprint density at radius 1 is 1.03 bits per heavy atom. The van der Waals surface area contributed by atoms with Crippen LogP contribution in [-0.4, -0.2) is 55.8 Å². The number of rotatable bonds is 5. The highest BCUT2D eigenvalue weighted by atomic mass is 16.6. The predicted octanol–water partition coefficient (Wildman–Crippen LogP) is 2.46. The third-order valence-electron chi connectivity index (χ3n) is 6.19. The summed E-state index contributed by atoms with van der Waals surface area (Å²) in [6, 6.07) is 2.84. The number of nitrogens with zero attached hydrogens (tertiary/aromatic N) is 1. The number of Topliss-reactive ketones (excluding diaryl/α,β-unsaturated/α-hetero) is 1. The molecule has 9 heteroatoms. The number of methoxy groups -OCH3 is 1. The number of ketones is 1. The average molecular weight is 459 g/mol. The zero-order chi connectivity index (χ0) is 24.7. The summed E-state index contributed by atoms with van der Waals surface area (Å²) in [4.78, 5) is 50.8. The number of ether oxygens (including phenoxy) is 4. The van der Waals surface area contributed by atoms with Gasteiger partial charge < -0.3 is 23.8 Å². The Bertz CT molecular complexity index is 1040. The summed E-state index contributed by atoms with van der Waals surface area (Å²) in [7, 11) is 5.16. The van der Waals surface area contributed by atoms with Crippen molar-refractivity contribution in [2.75, 3.05) is 21.2 Å². The van der Waals surface area contributed by atoms with Crippen molar-refractivity contribution in [2.45, 2.75) is 51.7 Å². The zero-order valence-corrected chi connectivity index (χ0v) is 19.9. The Balaban J connectivity index is 2.41. The van der Waals surface area contributed by atoms with Crippen LogP contribution in [0.15, 0.2) is 24.0 Å². The molecule has 0 fully saturated rings. The molecule has 0 amide bonds. The largest absolute Gasteiger partial charge is 0.493 e. The van der Waals surface area contributed by atoms with Gasteiger partial charge in [0.05, 0.1) is 13.2 Å². The molecule has 33 heavy (non-hydrogen) atoms. The Labute approximate surface area is 192 Å². The lowest BCUT2D eigenvalue weighted by atomic mass is 9.56. The number of benzene rings is 1. The molecule has 1 aromatic rings. The van der Waals surface area contributed by atoms with E-state index in [1.807, 2.05) is 25.9 Å². The van der Waals surface area contributed by atoms with Gasteiger partial charge in [-0.2, -0.15) is 0 Å². The van der Waals surface area contributed by atoms with E-state index < -0.39 is 29.4 Å². The van der Waals surface area contributed by atoms with Crippen LogP contribution in [0, 0.1) is 5.92 Å². The highest BCUT2D eigenvalue weighted by molar-refractivity contribution is 5.96. The molecule has 4 atom stereocenters. The fourth-order valence-electron chi connectivity index (χ4n) is 5.05. The second-order valence-electron chi connectivity index (χ2n) is 8.81. The molecule has 0 saturated carbocycles. The summed E-state index contributed by atoms with van der Waals surface area (Å²) in [6.45, 7) is 5.69. The van der Waals surface area contributed by atoms with Crippen molar-refractivity contribution in [2.24, 2.45) is 5.92 Å². The van der Waals surface area contributed by atoms with Crippen LogP contribution < -0.4 is 9.47 Å². The molecule has 0 radical (unpaired) electrons. The highest BCUT2D eigenvalue weighted by Gasteiger charge is 2.56. The number of fused-ring (bicyclic) bond motifs is 3. The van der Waals surface area contributed by atoms with Crippen molar-refractivity contribution < 1.29 is 38.1 Å². The van der Waals surface area contributed by atoms with E-state index in [0.717, 1.165) is 0 Å². The van der Waals surface area contributed by atoms with Gasteiger partial charge in [0.2, 0.25) is 0 Å². The SMILES string of the molecule is COC1=CC2[C@@H](N(C)C)[C@H](OC(C)=O)c3ccc(OC(C)=O)c(OC(C)=O)c3[C@]2(C)CC1=O. The van der Waals surface area contributed by atoms with Gasteiger partial charge in [-0.3, -0.25) is 19.2 Å². The molecule has 0 heterocycles. The number of esters is 3. The van der Waals surface area contributed by atoms with E-state index in [2.05, 4.69) is 0 Å². The first-order valence-electron chi connectivity index (χ1n) is 10.6. The van der Waals surface area contributed by atoms with Crippen LogP contribution in [0.1, 0.15) is 51.3 Å². The molecular weight excluding hydrogens is 430 g/mol. The molecule has 1 unspecified atom stereocenters. The molecule has 178 valence electrons. The molecule has 2 aliphatic rings. The van der Waals surface area contributed by atoms with Gasteiger partial charge in [0, 0.05) is 49.7 Å². The van der Waals surface area contributed by atoms with Crippen LogP contribution in [0.5, 0.6) is 11.5 Å². The van der Waals surface area contributed by atoms with Crippen LogP contribution in [-0.2, 0) is 34.1 Å². The van der Waals surface area contributed by atoms with E-state index in [-0.39, 0.29) is 41.4 Å². The summed E-state index contributed by atoms with van der Waals surface area (Å²) < 4.78 is 22.0. The maximum Gasteiger partial charge on any atom is 0.308 e. The third-order valence-corrected chi connectivity index (χ3v) is 6.19. The summed E-state index contributed by atoms with van der Waals surface area (Å²) in [5.41, 5.74) is 0.198. The van der Waals surface area contributed by atoms with Crippen LogP contribution in [0.25, 0.3) is 0 Å². The maximum atomic E-state index is 12.9. The second-order valence-corrected chi connectivity index (χ2v) is 8.81. The quantitative estimate of drug-likeness (QED) is 0.484. The van der Waals surface area contributed by atoms with E-state index in [9.17, 15) is 19.2 Å². The Hall–Kier alpha value is -3.20. The Morgan fingerprint density at radius 2 is 1.67 bits per heavy atom. The van der Waals surface area contributed by atoms with Gasteiger partial charge in [0.15, 0.2) is 23.0 Å². The zero-order valence-electron chi connectivity index (χ0n) is 19.9. The van der Waals surface area contributed by atoms with E-state index in [1.165, 1.54) is 33.9 Å². The van der Waals surface area contributed by atoms with Gasteiger partial charge in [0.1, 0.15) is 6.10 Å². The first-order valence-corrected chi connectivity index (χ1v) is 10.6. The van der Waals surface area contributed by atoms with Crippen LogP contribution in [0.3, 0.4) is 0 Å². The number of hydrogen-bond acceptors (Lipinski definition) is 9. The molecule has 0 saturated heterocycles. The number of hydrogen-bond donors (Lipinski definition) is 0. The van der Waals surface area contributed by atoms with Crippen molar-refractivity contribution in [3.05, 3.63) is 35.1 Å². The number of allylic oxidation sites excluding steroid dienone is 1. The standard InChI is InChI=1S/C24H29NO8/c1-12(26)31-18-9-8-15-20(23(18)33-14(3)28)24(4)11-17(29)19(30-7)10-16(24)21(25(5)6)22(15)32-13(2)27/h8-10,16,21-22H,11H2,1-7H3/t16?,21-,22-,24-/m1/s1. The smallest absolute Gasteiger partial charge is 0.308 e. The Kier molecular flexibility index (Phi) is 6.65. The van der Waals surface area contributed by atoms with Crippen molar-refractivity contribution >= 4 is 23.7 Å². The van der Waals surface area contributed by atoms with Crippen molar-refractivity contribution in [1.82, 2.24) is 4.90 Å². The molecule has 0 N–H and O–H groups in total. The fourth-order valence-corrected chi connectivity index (χ4v) is 5.05. The van der Waals surface area contributed by atoms with Gasteiger partial charge in [-0.1, -0.05) is 13.0 Å². The number of carbonyl (C=O) groups is 4. The summed E-state index contributed by atoms with van der Waals surface area (Å²) in [5, 5.41) is 0. The van der Waals surface area contributed by atoms with Crippen LogP contribution >= 0.6 is 0 Å². The van der Waals surface area contributed by atoms with Gasteiger partial charge in [-0.15, -0.1) is 0 Å². The number of likely N-dealkylation sites (N-methyl/N-ethyl adjacent to an activating group) is 1. The molecule has 0 aliphatic heterocycles.